The molecule has 0 radical (unpaired) electrons. The second kappa shape index (κ2) is 8.98. The molecule has 0 aromatic heterocycles. The van der Waals surface area contributed by atoms with Crippen LogP contribution in [0.2, 0.25) is 0 Å². The lowest BCUT2D eigenvalue weighted by Gasteiger charge is -2.23. The summed E-state index contributed by atoms with van der Waals surface area (Å²) >= 11 is 0. The molecule has 100 valence electrons. The first kappa shape index (κ1) is 15.9. The summed E-state index contributed by atoms with van der Waals surface area (Å²) in [5.41, 5.74) is 0. The first-order valence-electron chi connectivity index (χ1n) is 6.15. The van der Waals surface area contributed by atoms with E-state index in [2.05, 4.69) is 6.92 Å². The Bertz CT molecular complexity index is 243. The number of unbranched alkanes of at least 4 members (excludes halogenated alkanes) is 1. The molecular weight excluding hydrogens is 222 g/mol. The number of likely N-dealkylation sites (N-methyl/N-ethyl adjacent to an activating group) is 1. The molecule has 1 amide bonds. The maximum Gasteiger partial charge on any atom is 0.305 e. The van der Waals surface area contributed by atoms with Crippen molar-refractivity contribution in [3.63, 3.8) is 0 Å². The van der Waals surface area contributed by atoms with E-state index in [4.69, 9.17) is 9.84 Å². The molecule has 0 saturated carbocycles. The van der Waals surface area contributed by atoms with Gasteiger partial charge in [0.15, 0.2) is 0 Å². The van der Waals surface area contributed by atoms with Crippen molar-refractivity contribution in [3.8, 4) is 0 Å². The average molecular weight is 245 g/mol. The van der Waals surface area contributed by atoms with Crippen molar-refractivity contribution in [1.29, 1.82) is 0 Å². The third-order valence-electron chi connectivity index (χ3n) is 2.50. The molecule has 0 spiro atoms. The molecule has 0 aliphatic rings. The number of carboxylic acids is 1. The standard InChI is InChI=1S/C12H23NO4/c1-4-6-9-17-10(3)12(16)13(5-2)8-7-11(14)15/h10H,4-9H2,1-3H3,(H,14,15). The quantitative estimate of drug-likeness (QED) is 0.625. The van der Waals surface area contributed by atoms with Crippen LogP contribution < -0.4 is 0 Å². The fourth-order valence-corrected chi connectivity index (χ4v) is 1.39. The van der Waals surface area contributed by atoms with Crippen molar-refractivity contribution in [2.45, 2.75) is 46.1 Å². The van der Waals surface area contributed by atoms with E-state index in [1.807, 2.05) is 6.92 Å². The van der Waals surface area contributed by atoms with E-state index in [1.165, 1.54) is 4.90 Å². The number of carbonyl (C=O) groups excluding carboxylic acids is 1. The first-order chi connectivity index (χ1) is 8.02. The van der Waals surface area contributed by atoms with E-state index in [9.17, 15) is 9.59 Å². The zero-order chi connectivity index (χ0) is 13.3. The fraction of sp³-hybridized carbons (Fsp3) is 0.833. The van der Waals surface area contributed by atoms with Gasteiger partial charge in [-0.15, -0.1) is 0 Å². The van der Waals surface area contributed by atoms with E-state index in [0.717, 1.165) is 12.8 Å². The summed E-state index contributed by atoms with van der Waals surface area (Å²) in [7, 11) is 0. The van der Waals surface area contributed by atoms with E-state index < -0.39 is 12.1 Å². The van der Waals surface area contributed by atoms with E-state index in [0.29, 0.717) is 13.2 Å². The van der Waals surface area contributed by atoms with Crippen LogP contribution >= 0.6 is 0 Å². The maximum absolute atomic E-state index is 11.9. The van der Waals surface area contributed by atoms with Crippen LogP contribution in [0.4, 0.5) is 0 Å². The Morgan fingerprint density at radius 3 is 2.47 bits per heavy atom. The molecule has 0 aromatic rings. The van der Waals surface area contributed by atoms with Crippen LogP contribution in [-0.4, -0.2) is 47.7 Å². The van der Waals surface area contributed by atoms with Gasteiger partial charge in [-0.25, -0.2) is 0 Å². The van der Waals surface area contributed by atoms with Crippen molar-refractivity contribution in [1.82, 2.24) is 4.90 Å². The summed E-state index contributed by atoms with van der Waals surface area (Å²) < 4.78 is 5.40. The molecule has 0 saturated heterocycles. The third-order valence-corrected chi connectivity index (χ3v) is 2.50. The Hall–Kier alpha value is -1.10. The van der Waals surface area contributed by atoms with Crippen LogP contribution in [0.25, 0.3) is 0 Å². The molecule has 17 heavy (non-hydrogen) atoms. The monoisotopic (exact) mass is 245 g/mol. The van der Waals surface area contributed by atoms with Gasteiger partial charge in [0.2, 0.25) is 0 Å². The molecule has 1 unspecified atom stereocenters. The fourth-order valence-electron chi connectivity index (χ4n) is 1.39. The Kier molecular flexibility index (Phi) is 8.40. The van der Waals surface area contributed by atoms with Gasteiger partial charge in [-0.1, -0.05) is 13.3 Å². The molecule has 1 N–H and O–H groups in total. The van der Waals surface area contributed by atoms with Gasteiger partial charge < -0.3 is 14.7 Å². The number of carboxylic acid groups (broad SMARTS) is 1. The molecule has 1 atom stereocenters. The molecule has 0 fully saturated rings. The minimum atomic E-state index is -0.893. The van der Waals surface area contributed by atoms with Gasteiger partial charge in [-0.2, -0.15) is 0 Å². The molecule has 0 bridgehead atoms. The maximum atomic E-state index is 11.9. The van der Waals surface area contributed by atoms with Crippen LogP contribution in [0, 0.1) is 0 Å². The predicted molar refractivity (Wildman–Crippen MR) is 64.8 cm³/mol. The van der Waals surface area contributed by atoms with Crippen molar-refractivity contribution >= 4 is 11.9 Å². The van der Waals surface area contributed by atoms with Gasteiger partial charge in [0.05, 0.1) is 6.42 Å². The Labute approximate surface area is 103 Å². The lowest BCUT2D eigenvalue weighted by Crippen LogP contribution is -2.40. The van der Waals surface area contributed by atoms with Gasteiger partial charge in [-0.3, -0.25) is 9.59 Å². The van der Waals surface area contributed by atoms with Crippen molar-refractivity contribution < 1.29 is 19.4 Å². The normalized spacial score (nSPS) is 12.2. The van der Waals surface area contributed by atoms with E-state index in [-0.39, 0.29) is 18.9 Å². The van der Waals surface area contributed by atoms with Gasteiger partial charge in [-0.05, 0) is 20.3 Å². The number of rotatable bonds is 9. The Morgan fingerprint density at radius 2 is 2.00 bits per heavy atom. The zero-order valence-electron chi connectivity index (χ0n) is 10.9. The van der Waals surface area contributed by atoms with Crippen LogP contribution in [0.3, 0.4) is 0 Å². The summed E-state index contributed by atoms with van der Waals surface area (Å²) in [5.74, 6) is -1.03. The number of hydrogen-bond donors (Lipinski definition) is 1. The second-order valence-corrected chi connectivity index (χ2v) is 3.93. The van der Waals surface area contributed by atoms with Crippen LogP contribution in [0.1, 0.15) is 40.0 Å². The Morgan fingerprint density at radius 1 is 1.35 bits per heavy atom. The zero-order valence-corrected chi connectivity index (χ0v) is 10.9. The molecule has 0 heterocycles. The van der Waals surface area contributed by atoms with Crippen LogP contribution in [0.5, 0.6) is 0 Å². The molecule has 5 heteroatoms. The summed E-state index contributed by atoms with van der Waals surface area (Å²) in [6.45, 7) is 6.92. The number of amides is 1. The highest BCUT2D eigenvalue weighted by molar-refractivity contribution is 5.81. The molecule has 0 aliphatic carbocycles. The van der Waals surface area contributed by atoms with E-state index >= 15 is 0 Å². The SMILES string of the molecule is CCCCOC(C)C(=O)N(CC)CCC(=O)O. The van der Waals surface area contributed by atoms with E-state index in [1.54, 1.807) is 6.92 Å². The molecule has 0 aliphatic heterocycles. The average Bonchev–Trinajstić information content (AvgIpc) is 2.29. The summed E-state index contributed by atoms with van der Waals surface area (Å²) in [4.78, 5) is 23.9. The highest BCUT2D eigenvalue weighted by Crippen LogP contribution is 2.02. The smallest absolute Gasteiger partial charge is 0.305 e. The van der Waals surface area contributed by atoms with Crippen molar-refractivity contribution in [2.24, 2.45) is 0 Å². The number of hydrogen-bond acceptors (Lipinski definition) is 3. The van der Waals surface area contributed by atoms with Crippen LogP contribution in [0.15, 0.2) is 0 Å². The van der Waals surface area contributed by atoms with Crippen molar-refractivity contribution in [2.75, 3.05) is 19.7 Å². The molecule has 5 nitrogen and oxygen atoms in total. The number of ether oxygens (including phenoxy) is 1. The number of aliphatic carboxylic acids is 1. The van der Waals surface area contributed by atoms with Gasteiger partial charge in [0.1, 0.15) is 6.10 Å². The van der Waals surface area contributed by atoms with Gasteiger partial charge >= 0.3 is 5.97 Å². The van der Waals surface area contributed by atoms with Gasteiger partial charge in [0.25, 0.3) is 5.91 Å². The Balaban J connectivity index is 4.08. The molecular formula is C12H23NO4. The van der Waals surface area contributed by atoms with Crippen LogP contribution in [-0.2, 0) is 14.3 Å². The number of nitrogens with zero attached hydrogens (tertiary/aromatic N) is 1. The summed E-state index contributed by atoms with van der Waals surface area (Å²) in [5, 5.41) is 8.58. The lowest BCUT2D eigenvalue weighted by atomic mass is 10.3. The largest absolute Gasteiger partial charge is 0.481 e. The second-order valence-electron chi connectivity index (χ2n) is 3.93. The third kappa shape index (κ3) is 6.94. The van der Waals surface area contributed by atoms with Crippen molar-refractivity contribution in [3.05, 3.63) is 0 Å². The first-order valence-corrected chi connectivity index (χ1v) is 6.15. The minimum Gasteiger partial charge on any atom is -0.481 e. The molecule has 0 aromatic carbocycles. The van der Waals surface area contributed by atoms with Gasteiger partial charge in [0, 0.05) is 19.7 Å². The lowest BCUT2D eigenvalue weighted by molar-refractivity contribution is -0.144. The highest BCUT2D eigenvalue weighted by Gasteiger charge is 2.20. The minimum absolute atomic E-state index is 0.0265. The highest BCUT2D eigenvalue weighted by atomic mass is 16.5. The predicted octanol–water partition coefficient (Wildman–Crippen LogP) is 1.51. The topological polar surface area (TPSA) is 66.8 Å². The summed E-state index contributed by atoms with van der Waals surface area (Å²) in [6.07, 6.45) is 1.44. The summed E-state index contributed by atoms with van der Waals surface area (Å²) in [6, 6.07) is 0. The molecule has 0 rings (SSSR count). The number of carbonyl (C=O) groups is 2.